The molecule has 5 atom stereocenters. The second kappa shape index (κ2) is 11.6. The van der Waals surface area contributed by atoms with Crippen LogP contribution in [0.15, 0.2) is 60.7 Å². The van der Waals surface area contributed by atoms with Gasteiger partial charge in [0.05, 0.1) is 16.7 Å². The van der Waals surface area contributed by atoms with Gasteiger partial charge in [0.2, 0.25) is 11.8 Å². The number of allylic oxidation sites excluding steroid dienone is 2. The fourth-order valence-corrected chi connectivity index (χ4v) is 8.07. The number of carbonyl (C=O) groups is 5. The maximum absolute atomic E-state index is 14.3. The highest BCUT2D eigenvalue weighted by atomic mass is 79.9. The molecule has 2 fully saturated rings. The number of amides is 2. The number of fused-ring (bicyclic) bond motifs is 5. The fraction of sp³-hybridized carbons (Fsp3) is 0.387. The molecule has 234 valence electrons. The predicted molar refractivity (Wildman–Crippen MR) is 156 cm³/mol. The number of nitrogens with zero attached hydrogens (tertiary/aromatic N) is 1. The molecule has 1 saturated heterocycles. The molecule has 0 radical (unpaired) electrons. The number of halogens is 4. The zero-order chi connectivity index (χ0) is 32.8. The number of hydrogen-bond donors (Lipinski definition) is 3. The molecule has 4 N–H and O–H groups in total. The van der Waals surface area contributed by atoms with Crippen molar-refractivity contribution in [2.75, 3.05) is 6.54 Å². The Bertz CT molecular complexity index is 1550. The van der Waals surface area contributed by atoms with Crippen molar-refractivity contribution in [1.82, 2.24) is 4.90 Å². The maximum Gasteiger partial charge on any atom is 0.490 e. The van der Waals surface area contributed by atoms with Crippen molar-refractivity contribution < 1.29 is 47.4 Å². The molecule has 0 spiro atoms. The number of aliphatic carboxylic acids is 2. The molecular formula is C31H30BrF3N2O7. The SMILES string of the molecule is CC12C(=O)C(C)(C(c3ccccc3)=C1c1ccccc1)C1(Br)C(=O)N(CCCC[C@H](N)C(=O)O)C(=O)C21.O=C(O)C(F)(F)F. The van der Waals surface area contributed by atoms with Gasteiger partial charge in [-0.05, 0) is 55.4 Å². The molecule has 9 nitrogen and oxygen atoms in total. The lowest BCUT2D eigenvalue weighted by atomic mass is 9.63. The monoisotopic (exact) mass is 678 g/mol. The number of alkyl halides is 4. The van der Waals surface area contributed by atoms with E-state index in [9.17, 15) is 32.3 Å². The average Bonchev–Trinajstić information content (AvgIpc) is 3.35. The number of Topliss-reactive ketones (excluding diaryl/α,β-unsaturated/α-hetero) is 1. The van der Waals surface area contributed by atoms with Crippen molar-refractivity contribution >= 4 is 56.6 Å². The third-order valence-electron chi connectivity index (χ3n) is 8.80. The lowest BCUT2D eigenvalue weighted by molar-refractivity contribution is -0.192. The van der Waals surface area contributed by atoms with Gasteiger partial charge < -0.3 is 15.9 Å². The predicted octanol–water partition coefficient (Wildman–Crippen LogP) is 4.54. The summed E-state index contributed by atoms with van der Waals surface area (Å²) in [5, 5.41) is 16.1. The molecule has 1 heterocycles. The van der Waals surface area contributed by atoms with Gasteiger partial charge in [0, 0.05) is 6.54 Å². The summed E-state index contributed by atoms with van der Waals surface area (Å²) in [6.07, 6.45) is -3.94. The van der Waals surface area contributed by atoms with Gasteiger partial charge in [0.25, 0.3) is 0 Å². The Balaban J connectivity index is 0.000000566. The highest BCUT2D eigenvalue weighted by Gasteiger charge is 2.85. The Kier molecular flexibility index (Phi) is 8.70. The first-order valence-corrected chi connectivity index (χ1v) is 14.5. The number of likely N-dealkylation sites (tertiary alicyclic amines) is 1. The van der Waals surface area contributed by atoms with Crippen LogP contribution in [0.5, 0.6) is 0 Å². The summed E-state index contributed by atoms with van der Waals surface area (Å²) in [4.78, 5) is 63.4. The van der Waals surface area contributed by atoms with E-state index in [4.69, 9.17) is 20.7 Å². The molecule has 4 unspecified atom stereocenters. The number of imide groups is 1. The van der Waals surface area contributed by atoms with Crippen LogP contribution in [0.2, 0.25) is 0 Å². The summed E-state index contributed by atoms with van der Waals surface area (Å²) in [6, 6.07) is 18.2. The van der Waals surface area contributed by atoms with Gasteiger partial charge in [0.1, 0.15) is 10.4 Å². The lowest BCUT2D eigenvalue weighted by Crippen LogP contribution is -2.50. The number of carboxylic acid groups (broad SMARTS) is 2. The van der Waals surface area contributed by atoms with Crippen LogP contribution in [0.25, 0.3) is 11.1 Å². The Hall–Kier alpha value is -3.84. The van der Waals surface area contributed by atoms with Crippen molar-refractivity contribution in [3.05, 3.63) is 71.8 Å². The Labute approximate surface area is 259 Å². The smallest absolute Gasteiger partial charge is 0.480 e. The third kappa shape index (κ3) is 4.86. The van der Waals surface area contributed by atoms with Gasteiger partial charge in [-0.1, -0.05) is 76.6 Å². The van der Waals surface area contributed by atoms with Crippen LogP contribution in [0, 0.1) is 16.7 Å². The topological polar surface area (TPSA) is 155 Å². The van der Waals surface area contributed by atoms with E-state index in [0.29, 0.717) is 12.8 Å². The molecule has 2 bridgehead atoms. The highest BCUT2D eigenvalue weighted by Crippen LogP contribution is 2.77. The largest absolute Gasteiger partial charge is 0.490 e. The standard InChI is InChI=1S/C29H29BrN2O5.C2HF3O2/c1-27-20(17-11-5-3-6-12-17)21(18-13-7-4-8-14-18)28(2,25(27)36)29(30)22(27)23(33)32(26(29)37)16-10-9-15-19(31)24(34)35;3-2(4,5)1(6)7/h3-8,11-14,19,22H,9-10,15-16,31H2,1-2H3,(H,34,35);(H,6,7)/t19-,22?,27?,28?,29?;/m0./s1. The van der Waals surface area contributed by atoms with E-state index >= 15 is 0 Å². The van der Waals surface area contributed by atoms with E-state index in [2.05, 4.69) is 15.9 Å². The van der Waals surface area contributed by atoms with Gasteiger partial charge in [0.15, 0.2) is 5.78 Å². The fourth-order valence-electron chi connectivity index (χ4n) is 6.83. The second-order valence-corrected chi connectivity index (χ2v) is 12.6. The van der Waals surface area contributed by atoms with Gasteiger partial charge in [-0.2, -0.15) is 13.2 Å². The molecule has 2 aromatic carbocycles. The molecule has 3 aliphatic rings. The number of hydrogen-bond acceptors (Lipinski definition) is 6. The quantitative estimate of drug-likeness (QED) is 0.209. The minimum atomic E-state index is -5.08. The van der Waals surface area contributed by atoms with Gasteiger partial charge in [-0.3, -0.25) is 24.1 Å². The molecule has 5 rings (SSSR count). The Morgan fingerprint density at radius 3 is 1.86 bits per heavy atom. The Morgan fingerprint density at radius 1 is 0.932 bits per heavy atom. The van der Waals surface area contributed by atoms with Crippen LogP contribution in [-0.4, -0.2) is 67.7 Å². The first kappa shape index (κ1) is 33.1. The maximum atomic E-state index is 14.3. The minimum Gasteiger partial charge on any atom is -0.480 e. The van der Waals surface area contributed by atoms with Crippen LogP contribution in [0.1, 0.15) is 44.2 Å². The summed E-state index contributed by atoms with van der Waals surface area (Å²) in [7, 11) is 0. The highest BCUT2D eigenvalue weighted by molar-refractivity contribution is 9.10. The molecule has 2 amide bonds. The summed E-state index contributed by atoms with van der Waals surface area (Å²) < 4.78 is 30.3. The molecule has 2 aromatic rings. The lowest BCUT2D eigenvalue weighted by Gasteiger charge is -2.41. The number of nitrogens with two attached hydrogens (primary N) is 1. The van der Waals surface area contributed by atoms with E-state index in [1.165, 1.54) is 4.90 Å². The third-order valence-corrected chi connectivity index (χ3v) is 10.4. The van der Waals surface area contributed by atoms with E-state index in [0.717, 1.165) is 22.3 Å². The van der Waals surface area contributed by atoms with Crippen LogP contribution in [0.4, 0.5) is 13.2 Å². The number of carboxylic acids is 2. The van der Waals surface area contributed by atoms with E-state index < -0.39 is 51.1 Å². The first-order valence-electron chi connectivity index (χ1n) is 13.7. The number of ketones is 1. The van der Waals surface area contributed by atoms with Gasteiger partial charge >= 0.3 is 18.1 Å². The summed E-state index contributed by atoms with van der Waals surface area (Å²) >= 11 is 3.73. The summed E-state index contributed by atoms with van der Waals surface area (Å²) in [5.41, 5.74) is 6.39. The molecule has 44 heavy (non-hydrogen) atoms. The number of unbranched alkanes of at least 4 members (excludes halogenated alkanes) is 1. The van der Waals surface area contributed by atoms with E-state index in [-0.39, 0.29) is 24.7 Å². The van der Waals surface area contributed by atoms with E-state index in [1.807, 2.05) is 60.7 Å². The molecule has 1 aliphatic heterocycles. The Morgan fingerprint density at radius 2 is 1.41 bits per heavy atom. The van der Waals surface area contributed by atoms with Crippen LogP contribution >= 0.6 is 15.9 Å². The number of benzene rings is 2. The molecule has 2 aliphatic carbocycles. The van der Waals surface area contributed by atoms with Crippen molar-refractivity contribution in [2.45, 2.75) is 49.7 Å². The molecule has 1 saturated carbocycles. The van der Waals surface area contributed by atoms with Crippen LogP contribution < -0.4 is 5.73 Å². The zero-order valence-electron chi connectivity index (χ0n) is 23.7. The molecule has 13 heteroatoms. The van der Waals surface area contributed by atoms with Gasteiger partial charge in [-0.25, -0.2) is 4.79 Å². The van der Waals surface area contributed by atoms with Crippen molar-refractivity contribution in [1.29, 1.82) is 0 Å². The van der Waals surface area contributed by atoms with Gasteiger partial charge in [-0.15, -0.1) is 0 Å². The normalized spacial score (nSPS) is 28.1. The first-order chi connectivity index (χ1) is 20.5. The van der Waals surface area contributed by atoms with Crippen molar-refractivity contribution in [3.8, 4) is 0 Å². The molecule has 0 aromatic heterocycles. The summed E-state index contributed by atoms with van der Waals surface area (Å²) in [6.45, 7) is 3.75. The van der Waals surface area contributed by atoms with E-state index in [1.54, 1.807) is 13.8 Å². The molecular weight excluding hydrogens is 649 g/mol. The number of carbonyl (C=O) groups excluding carboxylic acids is 3. The average molecular weight is 679 g/mol. The van der Waals surface area contributed by atoms with Crippen molar-refractivity contribution in [3.63, 3.8) is 0 Å². The van der Waals surface area contributed by atoms with Crippen LogP contribution in [0.3, 0.4) is 0 Å². The second-order valence-electron chi connectivity index (χ2n) is 11.3. The summed E-state index contributed by atoms with van der Waals surface area (Å²) in [5.74, 6) is -5.64. The minimum absolute atomic E-state index is 0.131. The van der Waals surface area contributed by atoms with Crippen LogP contribution in [-0.2, 0) is 24.0 Å². The van der Waals surface area contributed by atoms with Crippen molar-refractivity contribution in [2.24, 2.45) is 22.5 Å². The zero-order valence-corrected chi connectivity index (χ0v) is 25.3. The number of rotatable bonds is 8.